The number of hydrogen-bond donors (Lipinski definition) is 1. The molecule has 0 atom stereocenters. The molecule has 0 saturated heterocycles. The third-order valence-corrected chi connectivity index (χ3v) is 5.04. The van der Waals surface area contributed by atoms with E-state index < -0.39 is 5.54 Å². The highest BCUT2D eigenvalue weighted by molar-refractivity contribution is 5.88. The maximum absolute atomic E-state index is 12.4. The Morgan fingerprint density at radius 3 is 2.50 bits per heavy atom. The van der Waals surface area contributed by atoms with Gasteiger partial charge in [-0.3, -0.25) is 4.79 Å². The second kappa shape index (κ2) is 8.86. The molecule has 150 valence electrons. The Morgan fingerprint density at radius 2 is 1.86 bits per heavy atom. The van der Waals surface area contributed by atoms with Gasteiger partial charge in [0.2, 0.25) is 17.6 Å². The van der Waals surface area contributed by atoms with Gasteiger partial charge in [-0.25, -0.2) is 4.79 Å². The van der Waals surface area contributed by atoms with Crippen molar-refractivity contribution in [2.45, 2.75) is 50.5 Å². The van der Waals surface area contributed by atoms with Gasteiger partial charge in [0, 0.05) is 18.4 Å². The molecule has 1 amide bonds. The predicted octanol–water partition coefficient (Wildman–Crippen LogP) is 2.67. The molecular formula is C20H25N3O5. The van der Waals surface area contributed by atoms with E-state index in [9.17, 15) is 9.59 Å². The predicted molar refractivity (Wildman–Crippen MR) is 101 cm³/mol. The molecule has 1 heterocycles. The van der Waals surface area contributed by atoms with Crippen molar-refractivity contribution in [1.82, 2.24) is 15.5 Å². The van der Waals surface area contributed by atoms with E-state index in [1.165, 1.54) is 7.11 Å². The van der Waals surface area contributed by atoms with Gasteiger partial charge >= 0.3 is 5.97 Å². The Hall–Kier alpha value is -2.90. The average Bonchev–Trinajstić information content (AvgIpc) is 3.21. The number of rotatable bonds is 7. The van der Waals surface area contributed by atoms with Crippen LogP contribution in [0, 0.1) is 0 Å². The summed E-state index contributed by atoms with van der Waals surface area (Å²) >= 11 is 0. The summed E-state index contributed by atoms with van der Waals surface area (Å²) in [7, 11) is 2.95. The maximum Gasteiger partial charge on any atom is 0.331 e. The first kappa shape index (κ1) is 19.9. The molecule has 3 rings (SSSR count). The first-order valence-corrected chi connectivity index (χ1v) is 9.43. The second-order valence-corrected chi connectivity index (χ2v) is 6.92. The number of amides is 1. The molecule has 0 aliphatic heterocycles. The number of benzene rings is 1. The molecule has 1 fully saturated rings. The highest BCUT2D eigenvalue weighted by Crippen LogP contribution is 2.29. The van der Waals surface area contributed by atoms with Crippen molar-refractivity contribution in [2.75, 3.05) is 14.2 Å². The van der Waals surface area contributed by atoms with Crippen LogP contribution in [0.25, 0.3) is 11.4 Å². The van der Waals surface area contributed by atoms with E-state index in [1.54, 1.807) is 7.11 Å². The van der Waals surface area contributed by atoms with E-state index in [0.29, 0.717) is 31.0 Å². The number of carbonyl (C=O) groups excluding carboxylic acids is 2. The smallest absolute Gasteiger partial charge is 0.331 e. The van der Waals surface area contributed by atoms with Gasteiger partial charge in [-0.05, 0) is 37.1 Å². The van der Waals surface area contributed by atoms with Gasteiger partial charge in [0.05, 0.1) is 14.2 Å². The highest BCUT2D eigenvalue weighted by atomic mass is 16.5. The van der Waals surface area contributed by atoms with E-state index in [0.717, 1.165) is 30.6 Å². The van der Waals surface area contributed by atoms with Crippen molar-refractivity contribution in [3.05, 3.63) is 30.2 Å². The fourth-order valence-corrected chi connectivity index (χ4v) is 3.49. The zero-order valence-electron chi connectivity index (χ0n) is 16.2. The van der Waals surface area contributed by atoms with Gasteiger partial charge in [0.15, 0.2) is 0 Å². The average molecular weight is 387 g/mol. The summed E-state index contributed by atoms with van der Waals surface area (Å²) in [6, 6.07) is 7.30. The molecule has 1 aliphatic carbocycles. The van der Waals surface area contributed by atoms with Crippen LogP contribution in [0.4, 0.5) is 0 Å². The van der Waals surface area contributed by atoms with Crippen LogP contribution in [-0.4, -0.2) is 41.8 Å². The minimum atomic E-state index is -0.910. The normalized spacial score (nSPS) is 15.6. The van der Waals surface area contributed by atoms with Crippen LogP contribution in [-0.2, 0) is 20.7 Å². The summed E-state index contributed by atoms with van der Waals surface area (Å²) in [4.78, 5) is 29.0. The van der Waals surface area contributed by atoms with Gasteiger partial charge in [0.1, 0.15) is 11.3 Å². The van der Waals surface area contributed by atoms with E-state index in [4.69, 9.17) is 14.0 Å². The Labute approximate surface area is 163 Å². The zero-order valence-corrected chi connectivity index (χ0v) is 16.2. The summed E-state index contributed by atoms with van der Waals surface area (Å²) in [6.07, 6.45) is 4.51. The molecule has 1 N–H and O–H groups in total. The molecule has 28 heavy (non-hydrogen) atoms. The van der Waals surface area contributed by atoms with Crippen LogP contribution in [0.15, 0.2) is 28.8 Å². The number of nitrogens with one attached hydrogen (secondary N) is 1. The summed E-state index contributed by atoms with van der Waals surface area (Å²) in [5, 5.41) is 6.85. The minimum Gasteiger partial charge on any atom is -0.497 e. The molecule has 0 spiro atoms. The summed E-state index contributed by atoms with van der Waals surface area (Å²) in [5.41, 5.74) is -0.111. The molecule has 2 aromatic rings. The standard InChI is InChI=1S/C20H25N3O5/c1-26-15-8-6-14(7-9-15)18-21-17(28-23-18)11-10-16(24)22-20(19(25)27-2)12-4-3-5-13-20/h6-9H,3-5,10-13H2,1-2H3,(H,22,24). The third kappa shape index (κ3) is 4.49. The lowest BCUT2D eigenvalue weighted by molar-refractivity contribution is -0.152. The molecular weight excluding hydrogens is 362 g/mol. The lowest BCUT2D eigenvalue weighted by Crippen LogP contribution is -2.56. The largest absolute Gasteiger partial charge is 0.497 e. The van der Waals surface area contributed by atoms with Crippen molar-refractivity contribution < 1.29 is 23.6 Å². The van der Waals surface area contributed by atoms with Gasteiger partial charge in [-0.1, -0.05) is 24.4 Å². The van der Waals surface area contributed by atoms with Gasteiger partial charge in [-0.2, -0.15) is 4.98 Å². The number of aromatic nitrogens is 2. The molecule has 0 unspecified atom stereocenters. The number of nitrogens with zero attached hydrogens (tertiary/aromatic N) is 2. The summed E-state index contributed by atoms with van der Waals surface area (Å²) < 4.78 is 15.3. The first-order chi connectivity index (χ1) is 13.6. The Bertz CT molecular complexity index is 810. The maximum atomic E-state index is 12.4. The Morgan fingerprint density at radius 1 is 1.14 bits per heavy atom. The lowest BCUT2D eigenvalue weighted by Gasteiger charge is -2.35. The number of esters is 1. The van der Waals surface area contributed by atoms with Crippen LogP contribution in [0.5, 0.6) is 5.75 Å². The second-order valence-electron chi connectivity index (χ2n) is 6.92. The summed E-state index contributed by atoms with van der Waals surface area (Å²) in [5.74, 6) is 0.969. The van der Waals surface area contributed by atoms with Crippen molar-refractivity contribution in [3.8, 4) is 17.1 Å². The molecule has 1 aromatic carbocycles. The SMILES string of the molecule is COC(=O)C1(NC(=O)CCc2nc(-c3ccc(OC)cc3)no2)CCCCC1. The van der Waals surface area contributed by atoms with Crippen molar-refractivity contribution in [2.24, 2.45) is 0 Å². The third-order valence-electron chi connectivity index (χ3n) is 5.04. The van der Waals surface area contributed by atoms with Crippen molar-refractivity contribution in [1.29, 1.82) is 0 Å². The van der Waals surface area contributed by atoms with Gasteiger partial charge in [0.25, 0.3) is 0 Å². The Balaban J connectivity index is 1.58. The number of methoxy groups -OCH3 is 2. The van der Waals surface area contributed by atoms with Crippen LogP contribution in [0.2, 0.25) is 0 Å². The molecule has 1 aliphatic rings. The highest BCUT2D eigenvalue weighted by Gasteiger charge is 2.41. The molecule has 0 radical (unpaired) electrons. The number of hydrogen-bond acceptors (Lipinski definition) is 7. The molecule has 8 heteroatoms. The van der Waals surface area contributed by atoms with Gasteiger partial charge in [-0.15, -0.1) is 0 Å². The van der Waals surface area contributed by atoms with E-state index in [2.05, 4.69) is 15.5 Å². The van der Waals surface area contributed by atoms with Gasteiger partial charge < -0.3 is 19.3 Å². The molecule has 1 aromatic heterocycles. The summed E-state index contributed by atoms with van der Waals surface area (Å²) in [6.45, 7) is 0. The quantitative estimate of drug-likeness (QED) is 0.729. The lowest BCUT2D eigenvalue weighted by atomic mass is 9.81. The number of ether oxygens (including phenoxy) is 2. The Kier molecular flexibility index (Phi) is 6.28. The van der Waals surface area contributed by atoms with Crippen molar-refractivity contribution >= 4 is 11.9 Å². The van der Waals surface area contributed by atoms with E-state index >= 15 is 0 Å². The topological polar surface area (TPSA) is 104 Å². The van der Waals surface area contributed by atoms with E-state index in [1.807, 2.05) is 24.3 Å². The molecule has 1 saturated carbocycles. The fourth-order valence-electron chi connectivity index (χ4n) is 3.49. The number of carbonyl (C=O) groups is 2. The molecule has 0 bridgehead atoms. The fraction of sp³-hybridized carbons (Fsp3) is 0.500. The minimum absolute atomic E-state index is 0.156. The number of aryl methyl sites for hydroxylation is 1. The van der Waals surface area contributed by atoms with Crippen molar-refractivity contribution in [3.63, 3.8) is 0 Å². The zero-order chi connectivity index (χ0) is 20.0. The van der Waals surface area contributed by atoms with Crippen LogP contribution >= 0.6 is 0 Å². The van der Waals surface area contributed by atoms with Crippen LogP contribution < -0.4 is 10.1 Å². The van der Waals surface area contributed by atoms with E-state index in [-0.39, 0.29) is 18.3 Å². The first-order valence-electron chi connectivity index (χ1n) is 9.43. The van der Waals surface area contributed by atoms with Crippen LogP contribution in [0.1, 0.15) is 44.4 Å². The monoisotopic (exact) mass is 387 g/mol. The molecule has 8 nitrogen and oxygen atoms in total. The van der Waals surface area contributed by atoms with Crippen LogP contribution in [0.3, 0.4) is 0 Å².